The fraction of sp³-hybridized carbons (Fsp3) is 0.261. The van der Waals surface area contributed by atoms with Crippen molar-refractivity contribution in [3.8, 4) is 5.75 Å². The molecule has 5 aliphatic rings. The Kier molecular flexibility index (Phi) is 8.65. The van der Waals surface area contributed by atoms with Gasteiger partial charge in [-0.2, -0.15) is 5.01 Å². The molecule has 0 radical (unpaired) electrons. The molecule has 4 fully saturated rings. The second kappa shape index (κ2) is 13.8. The first-order chi connectivity index (χ1) is 28.2. The van der Waals surface area contributed by atoms with Gasteiger partial charge in [0.2, 0.25) is 11.8 Å². The number of hydrogen-bond donors (Lipinski definition) is 2. The highest BCUT2D eigenvalue weighted by Crippen LogP contribution is 2.65. The molecule has 5 aromatic rings. The number of halogens is 2. The predicted molar refractivity (Wildman–Crippen MR) is 217 cm³/mol. The number of rotatable bonds is 6. The molecule has 6 unspecified atom stereocenters. The number of anilines is 3. The summed E-state index contributed by atoms with van der Waals surface area (Å²) in [6.45, 7) is 2.73. The Morgan fingerprint density at radius 2 is 1.48 bits per heavy atom. The maximum absolute atomic E-state index is 15.5. The van der Waals surface area contributed by atoms with Gasteiger partial charge in [0.1, 0.15) is 11.6 Å². The molecule has 3 saturated heterocycles. The van der Waals surface area contributed by atoms with E-state index in [1.54, 1.807) is 48.5 Å². The van der Waals surface area contributed by atoms with Gasteiger partial charge in [0.05, 0.1) is 47.8 Å². The van der Waals surface area contributed by atoms with Gasteiger partial charge in [0, 0.05) is 40.7 Å². The van der Waals surface area contributed by atoms with Crippen LogP contribution in [0.15, 0.2) is 121 Å². The molecule has 10 nitrogen and oxygen atoms in total. The molecule has 0 spiro atoms. The van der Waals surface area contributed by atoms with Gasteiger partial charge >= 0.3 is 0 Å². The Morgan fingerprint density at radius 1 is 0.776 bits per heavy atom. The summed E-state index contributed by atoms with van der Waals surface area (Å²) >= 11 is 6.42. The molecule has 1 saturated carbocycles. The first kappa shape index (κ1) is 36.3. The maximum atomic E-state index is 15.5. The van der Waals surface area contributed by atoms with E-state index in [0.717, 1.165) is 29.2 Å². The van der Waals surface area contributed by atoms with Crippen molar-refractivity contribution in [3.05, 3.63) is 143 Å². The Bertz CT molecular complexity index is 2540. The lowest BCUT2D eigenvalue weighted by atomic mass is 9.49. The number of nitrogens with one attached hydrogen (secondary N) is 1. The standard InChI is InChI=1S/C46H38ClFN4O6/c47-28-8-6-27(7-9-28)46-38(43(55)52(45(46)57)49-30-12-10-29(48)11-13-30)25-37-34(40(46)36-18-5-26-3-1-2-4-33(26)41(36)53)19-20-35-39(37)44(56)51(42(35)54)32-16-14-31(15-17-32)50-21-23-58-24-22-50/h1-19,35,37-40,49,53H,20-25H2. The lowest BCUT2D eigenvalue weighted by Crippen LogP contribution is -2.53. The Balaban J connectivity index is 1.12. The predicted octanol–water partition coefficient (Wildman–Crippen LogP) is 7.36. The molecule has 3 aliphatic heterocycles. The zero-order chi connectivity index (χ0) is 39.9. The Morgan fingerprint density at radius 3 is 2.22 bits per heavy atom. The number of benzene rings is 5. The largest absolute Gasteiger partial charge is 0.507 e. The monoisotopic (exact) mass is 796 g/mol. The summed E-state index contributed by atoms with van der Waals surface area (Å²) in [5.41, 5.74) is 4.76. The maximum Gasteiger partial charge on any atom is 0.260 e. The van der Waals surface area contributed by atoms with Crippen molar-refractivity contribution in [2.24, 2.45) is 23.7 Å². The minimum Gasteiger partial charge on any atom is -0.507 e. The zero-order valence-corrected chi connectivity index (χ0v) is 31.9. The number of amides is 4. The average molecular weight is 797 g/mol. The van der Waals surface area contributed by atoms with Crippen molar-refractivity contribution >= 4 is 63.1 Å². The van der Waals surface area contributed by atoms with E-state index in [9.17, 15) is 23.9 Å². The number of ether oxygens (including phenoxy) is 1. The van der Waals surface area contributed by atoms with Crippen LogP contribution in [0.1, 0.15) is 29.9 Å². The number of morpholine rings is 1. The molecular formula is C46H38ClFN4O6. The first-order valence-electron chi connectivity index (χ1n) is 19.5. The van der Waals surface area contributed by atoms with E-state index < -0.39 is 52.6 Å². The minimum atomic E-state index is -1.62. The molecule has 3 heterocycles. The first-order valence-corrected chi connectivity index (χ1v) is 19.9. The minimum absolute atomic E-state index is 0.0418. The van der Waals surface area contributed by atoms with E-state index in [1.807, 2.05) is 42.5 Å². The van der Waals surface area contributed by atoms with Crippen molar-refractivity contribution in [2.45, 2.75) is 24.2 Å². The van der Waals surface area contributed by atoms with Crippen LogP contribution >= 0.6 is 11.6 Å². The highest BCUT2D eigenvalue weighted by Gasteiger charge is 2.70. The lowest BCUT2D eigenvalue weighted by molar-refractivity contribution is -0.138. The number of hydrogen-bond acceptors (Lipinski definition) is 8. The number of imide groups is 2. The summed E-state index contributed by atoms with van der Waals surface area (Å²) < 4.78 is 19.5. The molecule has 5 aromatic carbocycles. The second-order valence-corrected chi connectivity index (χ2v) is 16.2. The number of nitrogens with zero attached hydrogens (tertiary/aromatic N) is 3. The second-order valence-electron chi connectivity index (χ2n) is 15.7. The van der Waals surface area contributed by atoms with Crippen molar-refractivity contribution in [2.75, 3.05) is 41.5 Å². The average Bonchev–Trinajstić information content (AvgIpc) is 3.63. The number of phenolic OH excluding ortho intramolecular Hbond substituents is 1. The summed E-state index contributed by atoms with van der Waals surface area (Å²) in [5, 5.41) is 15.0. The van der Waals surface area contributed by atoms with Crippen molar-refractivity contribution in [1.82, 2.24) is 5.01 Å². The van der Waals surface area contributed by atoms with E-state index in [0.29, 0.717) is 51.7 Å². The molecule has 2 N–H and O–H groups in total. The molecule has 12 heteroatoms. The normalized spacial score (nSPS) is 26.8. The van der Waals surface area contributed by atoms with Crippen LogP contribution < -0.4 is 15.2 Å². The number of fused-ring (bicyclic) bond motifs is 5. The topological polar surface area (TPSA) is 119 Å². The number of hydrazine groups is 1. The molecule has 6 atom stereocenters. The van der Waals surface area contributed by atoms with E-state index in [2.05, 4.69) is 10.3 Å². The van der Waals surface area contributed by atoms with Gasteiger partial charge < -0.3 is 14.7 Å². The highest BCUT2D eigenvalue weighted by atomic mass is 35.5. The van der Waals surface area contributed by atoms with Gasteiger partial charge in [-0.25, -0.2) is 4.39 Å². The summed E-state index contributed by atoms with van der Waals surface area (Å²) in [5.74, 6) is -6.41. The zero-order valence-electron chi connectivity index (χ0n) is 31.2. The van der Waals surface area contributed by atoms with Gasteiger partial charge in [-0.15, -0.1) is 0 Å². The molecule has 292 valence electrons. The molecule has 58 heavy (non-hydrogen) atoms. The summed E-state index contributed by atoms with van der Waals surface area (Å²) in [4.78, 5) is 63.1. The van der Waals surface area contributed by atoms with Crippen LogP contribution in [-0.2, 0) is 29.3 Å². The third kappa shape index (κ3) is 5.40. The van der Waals surface area contributed by atoms with Crippen LogP contribution in [-0.4, -0.2) is 60.0 Å². The van der Waals surface area contributed by atoms with E-state index in [-0.39, 0.29) is 30.4 Å². The van der Waals surface area contributed by atoms with Gasteiger partial charge in [0.25, 0.3) is 11.8 Å². The van der Waals surface area contributed by atoms with Crippen LogP contribution in [0.3, 0.4) is 0 Å². The van der Waals surface area contributed by atoms with Gasteiger partial charge in [-0.05, 0) is 90.4 Å². The Labute approximate surface area is 338 Å². The van der Waals surface area contributed by atoms with Crippen molar-refractivity contribution in [3.63, 3.8) is 0 Å². The van der Waals surface area contributed by atoms with Crippen LogP contribution in [0.25, 0.3) is 10.8 Å². The number of allylic oxidation sites excluding steroid dienone is 2. The summed E-state index contributed by atoms with van der Waals surface area (Å²) in [7, 11) is 0. The molecule has 4 amide bonds. The van der Waals surface area contributed by atoms with Crippen LogP contribution in [0.2, 0.25) is 5.02 Å². The number of carbonyl (C=O) groups excluding carboxylic acids is 4. The quantitative estimate of drug-likeness (QED) is 0.135. The fourth-order valence-corrected chi connectivity index (χ4v) is 10.5. The third-order valence-corrected chi connectivity index (χ3v) is 13.2. The number of carbonyl (C=O) groups is 4. The summed E-state index contributed by atoms with van der Waals surface area (Å²) in [6.07, 6.45) is 2.27. The molecule has 0 bridgehead atoms. The van der Waals surface area contributed by atoms with Crippen LogP contribution in [0.4, 0.5) is 21.5 Å². The van der Waals surface area contributed by atoms with Crippen LogP contribution in [0.5, 0.6) is 5.75 Å². The SMILES string of the molecule is O=C1C2CC3C(=CCC4C(=O)N(c5ccc(N6CCOCC6)cc5)C(=O)C43)C(c3ccc4ccccc4c3O)C2(c2ccc(Cl)cc2)C(=O)N1Nc1ccc(F)cc1. The lowest BCUT2D eigenvalue weighted by Gasteiger charge is -2.50. The molecular weight excluding hydrogens is 759 g/mol. The summed E-state index contributed by atoms with van der Waals surface area (Å²) in [6, 6.07) is 30.7. The molecule has 0 aromatic heterocycles. The van der Waals surface area contributed by atoms with Crippen molar-refractivity contribution in [1.29, 1.82) is 0 Å². The van der Waals surface area contributed by atoms with E-state index in [4.69, 9.17) is 16.3 Å². The molecule has 2 aliphatic carbocycles. The van der Waals surface area contributed by atoms with Gasteiger partial charge in [0.15, 0.2) is 0 Å². The van der Waals surface area contributed by atoms with E-state index >= 15 is 4.79 Å². The fourth-order valence-electron chi connectivity index (χ4n) is 10.4. The van der Waals surface area contributed by atoms with Crippen LogP contribution in [0, 0.1) is 29.5 Å². The number of aromatic hydroxyl groups is 1. The Hall–Kier alpha value is -6.04. The third-order valence-electron chi connectivity index (χ3n) is 13.0. The molecule has 10 rings (SSSR count). The highest BCUT2D eigenvalue weighted by molar-refractivity contribution is 6.30. The van der Waals surface area contributed by atoms with Gasteiger partial charge in [-0.3, -0.25) is 29.5 Å². The smallest absolute Gasteiger partial charge is 0.260 e. The van der Waals surface area contributed by atoms with Crippen molar-refractivity contribution < 1.29 is 33.4 Å². The van der Waals surface area contributed by atoms with Gasteiger partial charge in [-0.1, -0.05) is 71.8 Å². The number of phenols is 1. The van der Waals surface area contributed by atoms with E-state index in [1.165, 1.54) is 29.2 Å².